The Hall–Kier alpha value is -1.30. The highest BCUT2D eigenvalue weighted by atomic mass is 16.6. The molecule has 0 aromatic rings. The Morgan fingerprint density at radius 1 is 1.13 bits per heavy atom. The van der Waals surface area contributed by atoms with E-state index in [1.807, 2.05) is 39.5 Å². The van der Waals surface area contributed by atoms with Crippen LogP contribution in [-0.4, -0.2) is 46.7 Å². The molecule has 0 saturated heterocycles. The number of ether oxygens (including phenoxy) is 1. The predicted octanol–water partition coefficient (Wildman–Crippen LogP) is 2.41. The van der Waals surface area contributed by atoms with Crippen LogP contribution in [0.15, 0.2) is 0 Å². The van der Waals surface area contributed by atoms with Crippen LogP contribution in [0.2, 0.25) is 0 Å². The fourth-order valence-electron chi connectivity index (χ4n) is 2.93. The van der Waals surface area contributed by atoms with Gasteiger partial charge in [-0.3, -0.25) is 4.79 Å². The van der Waals surface area contributed by atoms with Gasteiger partial charge in [-0.2, -0.15) is 0 Å². The van der Waals surface area contributed by atoms with Crippen LogP contribution in [0.1, 0.15) is 67.2 Å². The quantitative estimate of drug-likeness (QED) is 0.830. The largest absolute Gasteiger partial charge is 0.444 e. The number of carbonyl (C=O) groups excluding carboxylic acids is 2. The van der Waals surface area contributed by atoms with Crippen LogP contribution in [-0.2, 0) is 9.53 Å². The van der Waals surface area contributed by atoms with Crippen LogP contribution in [0.5, 0.6) is 0 Å². The molecule has 2 amide bonds. The van der Waals surface area contributed by atoms with Crippen molar-refractivity contribution in [2.45, 2.75) is 97.0 Å². The maximum absolute atomic E-state index is 12.5. The molecule has 1 aliphatic rings. The van der Waals surface area contributed by atoms with E-state index in [9.17, 15) is 9.59 Å². The monoisotopic (exact) mass is 327 g/mol. The van der Waals surface area contributed by atoms with Crippen molar-refractivity contribution >= 4 is 12.0 Å². The molecule has 1 atom stereocenters. The first-order valence-electron chi connectivity index (χ1n) is 8.58. The molecule has 1 saturated carbocycles. The summed E-state index contributed by atoms with van der Waals surface area (Å²) < 4.78 is 5.54. The molecule has 1 unspecified atom stereocenters. The van der Waals surface area contributed by atoms with E-state index in [4.69, 9.17) is 10.5 Å². The third kappa shape index (κ3) is 6.37. The average Bonchev–Trinajstić information content (AvgIpc) is 2.38. The van der Waals surface area contributed by atoms with Gasteiger partial charge in [0.05, 0.1) is 6.04 Å². The number of carbonyl (C=O) groups is 2. The van der Waals surface area contributed by atoms with E-state index in [-0.39, 0.29) is 30.1 Å². The summed E-state index contributed by atoms with van der Waals surface area (Å²) in [5.41, 5.74) is 5.09. The van der Waals surface area contributed by atoms with Crippen LogP contribution in [0.25, 0.3) is 0 Å². The van der Waals surface area contributed by atoms with E-state index >= 15 is 0 Å². The lowest BCUT2D eigenvalue weighted by Crippen LogP contribution is -2.51. The number of nitrogens with two attached hydrogens (primary N) is 1. The van der Waals surface area contributed by atoms with E-state index in [1.165, 1.54) is 0 Å². The molecule has 6 heteroatoms. The number of nitrogens with zero attached hydrogens (tertiary/aromatic N) is 1. The third-order valence-corrected chi connectivity index (χ3v) is 4.01. The summed E-state index contributed by atoms with van der Waals surface area (Å²) in [6.07, 6.45) is 3.18. The summed E-state index contributed by atoms with van der Waals surface area (Å²) in [5.74, 6) is -0.110. The van der Waals surface area contributed by atoms with Crippen molar-refractivity contribution in [3.05, 3.63) is 0 Å². The van der Waals surface area contributed by atoms with Gasteiger partial charge >= 0.3 is 6.09 Å². The first kappa shape index (κ1) is 19.7. The minimum Gasteiger partial charge on any atom is -0.444 e. The second-order valence-electron chi connectivity index (χ2n) is 7.78. The van der Waals surface area contributed by atoms with Crippen LogP contribution >= 0.6 is 0 Å². The highest BCUT2D eigenvalue weighted by Gasteiger charge is 2.33. The van der Waals surface area contributed by atoms with Crippen molar-refractivity contribution in [3.8, 4) is 0 Å². The minimum atomic E-state index is -0.493. The Balaban J connectivity index is 2.61. The van der Waals surface area contributed by atoms with E-state index in [2.05, 4.69) is 5.32 Å². The Morgan fingerprint density at radius 3 is 2.04 bits per heavy atom. The van der Waals surface area contributed by atoms with Gasteiger partial charge in [-0.1, -0.05) is 0 Å². The molecular weight excluding hydrogens is 294 g/mol. The molecule has 23 heavy (non-hydrogen) atoms. The molecule has 0 heterocycles. The fourth-order valence-corrected chi connectivity index (χ4v) is 2.93. The second kappa shape index (κ2) is 7.99. The first-order chi connectivity index (χ1) is 10.5. The van der Waals surface area contributed by atoms with Crippen molar-refractivity contribution in [1.29, 1.82) is 0 Å². The zero-order chi connectivity index (χ0) is 17.8. The summed E-state index contributed by atoms with van der Waals surface area (Å²) in [4.78, 5) is 26.0. The van der Waals surface area contributed by atoms with Crippen LogP contribution in [0.4, 0.5) is 4.79 Å². The Morgan fingerprint density at radius 2 is 1.65 bits per heavy atom. The van der Waals surface area contributed by atoms with E-state index in [0.29, 0.717) is 0 Å². The zero-order valence-corrected chi connectivity index (χ0v) is 15.4. The SMILES string of the molecule is CC(N)C(=O)NC1CCC(N(C(=O)OC(C)(C)C)C(C)C)CC1. The first-order valence-corrected chi connectivity index (χ1v) is 8.58. The van der Waals surface area contributed by atoms with E-state index < -0.39 is 11.6 Å². The minimum absolute atomic E-state index is 0.0880. The van der Waals surface area contributed by atoms with Gasteiger partial charge in [0.2, 0.25) is 5.91 Å². The lowest BCUT2D eigenvalue weighted by Gasteiger charge is -2.40. The van der Waals surface area contributed by atoms with Gasteiger partial charge < -0.3 is 20.7 Å². The molecule has 134 valence electrons. The lowest BCUT2D eigenvalue weighted by molar-refractivity contribution is -0.123. The van der Waals surface area contributed by atoms with Gasteiger partial charge in [-0.25, -0.2) is 4.79 Å². The van der Waals surface area contributed by atoms with Gasteiger partial charge in [-0.15, -0.1) is 0 Å². The summed E-state index contributed by atoms with van der Waals surface area (Å²) in [5, 5.41) is 2.98. The molecule has 1 fully saturated rings. The normalized spacial score (nSPS) is 23.3. The average molecular weight is 327 g/mol. The molecule has 1 rings (SSSR count). The fraction of sp³-hybridized carbons (Fsp3) is 0.882. The third-order valence-electron chi connectivity index (χ3n) is 4.01. The molecule has 0 aromatic heterocycles. The maximum Gasteiger partial charge on any atom is 0.410 e. The molecule has 6 nitrogen and oxygen atoms in total. The number of nitrogens with one attached hydrogen (secondary N) is 1. The summed E-state index contributed by atoms with van der Waals surface area (Å²) in [6, 6.07) is -0.0857. The second-order valence-corrected chi connectivity index (χ2v) is 7.78. The van der Waals surface area contributed by atoms with Gasteiger partial charge in [-0.05, 0) is 67.2 Å². The highest BCUT2D eigenvalue weighted by molar-refractivity contribution is 5.81. The van der Waals surface area contributed by atoms with Crippen LogP contribution in [0, 0.1) is 0 Å². The topological polar surface area (TPSA) is 84.7 Å². The van der Waals surface area contributed by atoms with Crippen LogP contribution < -0.4 is 11.1 Å². The molecule has 0 aromatic carbocycles. The number of rotatable bonds is 4. The summed E-state index contributed by atoms with van der Waals surface area (Å²) in [6.45, 7) is 11.3. The van der Waals surface area contributed by atoms with Crippen molar-refractivity contribution in [1.82, 2.24) is 10.2 Å². The standard InChI is InChI=1S/C17H33N3O3/c1-11(2)20(16(22)23-17(4,5)6)14-9-7-13(8-10-14)19-15(21)12(3)18/h11-14H,7-10,18H2,1-6H3,(H,19,21). The number of hydrogen-bond donors (Lipinski definition) is 2. The predicted molar refractivity (Wildman–Crippen MR) is 91.0 cm³/mol. The number of hydrogen-bond acceptors (Lipinski definition) is 4. The van der Waals surface area contributed by atoms with Crippen LogP contribution in [0.3, 0.4) is 0 Å². The Bertz CT molecular complexity index is 408. The van der Waals surface area contributed by atoms with Gasteiger partial charge in [0.1, 0.15) is 5.60 Å². The molecule has 0 spiro atoms. The molecule has 1 aliphatic carbocycles. The Kier molecular flexibility index (Phi) is 6.86. The van der Waals surface area contributed by atoms with Gasteiger partial charge in [0.25, 0.3) is 0 Å². The van der Waals surface area contributed by atoms with Gasteiger partial charge in [0, 0.05) is 18.1 Å². The Labute approximate surface area is 140 Å². The van der Waals surface area contributed by atoms with Crippen molar-refractivity contribution < 1.29 is 14.3 Å². The molecule has 3 N–H and O–H groups in total. The lowest BCUT2D eigenvalue weighted by atomic mass is 9.89. The maximum atomic E-state index is 12.5. The molecule has 0 bridgehead atoms. The van der Waals surface area contributed by atoms with Crippen molar-refractivity contribution in [3.63, 3.8) is 0 Å². The molecule has 0 radical (unpaired) electrons. The summed E-state index contributed by atoms with van der Waals surface area (Å²) >= 11 is 0. The van der Waals surface area contributed by atoms with Crippen molar-refractivity contribution in [2.24, 2.45) is 5.73 Å². The zero-order valence-electron chi connectivity index (χ0n) is 15.4. The van der Waals surface area contributed by atoms with Crippen molar-refractivity contribution in [2.75, 3.05) is 0 Å². The van der Waals surface area contributed by atoms with Gasteiger partial charge in [0.15, 0.2) is 0 Å². The molecule has 0 aliphatic heterocycles. The summed E-state index contributed by atoms with van der Waals surface area (Å²) in [7, 11) is 0. The highest BCUT2D eigenvalue weighted by Crippen LogP contribution is 2.26. The van der Waals surface area contributed by atoms with E-state index in [1.54, 1.807) is 6.92 Å². The number of amides is 2. The smallest absolute Gasteiger partial charge is 0.410 e. The molecular formula is C17H33N3O3. The van der Waals surface area contributed by atoms with E-state index in [0.717, 1.165) is 25.7 Å².